The number of nitrogens with two attached hydrogens (primary N) is 3. The predicted molar refractivity (Wildman–Crippen MR) is 127 cm³/mol. The van der Waals surface area contributed by atoms with Gasteiger partial charge in [0.05, 0.1) is 0 Å². The minimum absolute atomic E-state index is 0.00661. The average molecular weight is 435 g/mol. The third-order valence-corrected chi connectivity index (χ3v) is 5.65. The normalized spacial score (nSPS) is 15.7. The molecule has 0 spiro atoms. The van der Waals surface area contributed by atoms with E-state index in [-0.39, 0.29) is 17.7 Å². The second-order valence-corrected chi connectivity index (χ2v) is 7.83. The molecule has 0 unspecified atom stereocenters. The van der Waals surface area contributed by atoms with Crippen LogP contribution in [-0.2, 0) is 16.1 Å². The number of piperidine rings is 1. The molecule has 1 aromatic heterocycles. The van der Waals surface area contributed by atoms with Crippen molar-refractivity contribution in [3.8, 4) is 0 Å². The zero-order valence-corrected chi connectivity index (χ0v) is 18.0. The molecule has 0 radical (unpaired) electrons. The maximum absolute atomic E-state index is 12.4. The van der Waals surface area contributed by atoms with E-state index in [9.17, 15) is 9.59 Å². The second kappa shape index (κ2) is 11.2. The number of benzene rings is 1. The lowest BCUT2D eigenvalue weighted by Gasteiger charge is -2.30. The number of nitrogens with zero attached hydrogens (tertiary/aromatic N) is 2. The van der Waals surface area contributed by atoms with Gasteiger partial charge in [-0.15, -0.1) is 0 Å². The second-order valence-electron chi connectivity index (χ2n) is 7.83. The summed E-state index contributed by atoms with van der Waals surface area (Å²) in [6.45, 7) is 2.82. The van der Waals surface area contributed by atoms with E-state index in [1.807, 2.05) is 30.3 Å². The van der Waals surface area contributed by atoms with Gasteiger partial charge in [-0.05, 0) is 73.1 Å². The third kappa shape index (κ3) is 6.26. The van der Waals surface area contributed by atoms with Gasteiger partial charge in [0.25, 0.3) is 0 Å². The molecule has 7 N–H and O–H groups in total. The van der Waals surface area contributed by atoms with Crippen LogP contribution in [0.25, 0.3) is 11.6 Å². The van der Waals surface area contributed by atoms with Gasteiger partial charge in [0.15, 0.2) is 0 Å². The van der Waals surface area contributed by atoms with Crippen molar-refractivity contribution >= 4 is 29.2 Å². The van der Waals surface area contributed by atoms with Gasteiger partial charge in [0.2, 0.25) is 11.8 Å². The number of nitrogens with one attached hydrogen (secondary N) is 1. The van der Waals surface area contributed by atoms with E-state index in [4.69, 9.17) is 17.2 Å². The highest BCUT2D eigenvalue weighted by molar-refractivity contribution is 6.02. The van der Waals surface area contributed by atoms with Crippen molar-refractivity contribution in [2.24, 2.45) is 23.1 Å². The zero-order chi connectivity index (χ0) is 22.9. The average Bonchev–Trinajstić information content (AvgIpc) is 2.81. The first-order valence-electron chi connectivity index (χ1n) is 10.6. The molecular weight excluding hydrogens is 404 g/mol. The Labute approximate surface area is 188 Å². The van der Waals surface area contributed by atoms with Gasteiger partial charge >= 0.3 is 0 Å². The Kier molecular flexibility index (Phi) is 8.13. The number of carbonyl (C=O) groups is 2. The summed E-state index contributed by atoms with van der Waals surface area (Å²) in [4.78, 5) is 30.1. The van der Waals surface area contributed by atoms with Crippen LogP contribution in [0.1, 0.15) is 29.5 Å². The van der Waals surface area contributed by atoms with Crippen molar-refractivity contribution in [3.05, 3.63) is 71.7 Å². The smallest absolute Gasteiger partial charge is 0.248 e. The van der Waals surface area contributed by atoms with E-state index in [1.165, 1.54) is 12.3 Å². The van der Waals surface area contributed by atoms with Crippen LogP contribution in [-0.4, -0.2) is 41.3 Å². The number of pyridine rings is 1. The summed E-state index contributed by atoms with van der Waals surface area (Å²) in [5.41, 5.74) is 21.0. The van der Waals surface area contributed by atoms with Crippen molar-refractivity contribution in [1.29, 1.82) is 0 Å². The molecule has 1 aromatic carbocycles. The number of aromatic nitrogens is 1. The summed E-state index contributed by atoms with van der Waals surface area (Å²) in [6.07, 6.45) is 9.56. The molecule has 168 valence electrons. The van der Waals surface area contributed by atoms with Gasteiger partial charge in [-0.25, -0.2) is 0 Å². The molecule has 2 aromatic rings. The van der Waals surface area contributed by atoms with Crippen LogP contribution in [0.4, 0.5) is 5.69 Å². The van der Waals surface area contributed by atoms with Gasteiger partial charge in [0.1, 0.15) is 0 Å². The van der Waals surface area contributed by atoms with E-state index in [0.29, 0.717) is 12.2 Å². The van der Waals surface area contributed by atoms with E-state index in [2.05, 4.69) is 15.2 Å². The lowest BCUT2D eigenvalue weighted by molar-refractivity contribution is -0.123. The first-order valence-corrected chi connectivity index (χ1v) is 10.6. The molecule has 1 fully saturated rings. The lowest BCUT2D eigenvalue weighted by Crippen LogP contribution is -2.38. The standard InChI is InChI=1S/C24H30N6O2/c25-13-20(14-26)22-7-10-28-15-19(22)3-6-23(31)29-21-4-1-17(2-5-21)16-30-11-8-18(9-12-30)24(27)32/h1-7,10,13,15,18H,8-9,11-12,14,16,25-26H2,(H2,27,32)(H,29,31)/b6-3+,20-13+. The fourth-order valence-corrected chi connectivity index (χ4v) is 3.78. The molecular formula is C24H30N6O2. The quantitative estimate of drug-likeness (QED) is 0.466. The zero-order valence-electron chi connectivity index (χ0n) is 18.0. The van der Waals surface area contributed by atoms with Crippen molar-refractivity contribution in [1.82, 2.24) is 9.88 Å². The number of primary amides is 1. The Hall–Kier alpha value is -3.49. The number of likely N-dealkylation sites (tertiary alicyclic amines) is 1. The molecule has 1 aliphatic rings. The first kappa shape index (κ1) is 23.2. The van der Waals surface area contributed by atoms with Crippen LogP contribution < -0.4 is 22.5 Å². The summed E-state index contributed by atoms with van der Waals surface area (Å²) in [7, 11) is 0. The van der Waals surface area contributed by atoms with Crippen LogP contribution in [0.15, 0.2) is 55.0 Å². The summed E-state index contributed by atoms with van der Waals surface area (Å²) in [5.74, 6) is -0.450. The van der Waals surface area contributed by atoms with Crippen molar-refractivity contribution in [2.45, 2.75) is 19.4 Å². The van der Waals surface area contributed by atoms with E-state index < -0.39 is 0 Å². The highest BCUT2D eigenvalue weighted by Crippen LogP contribution is 2.20. The van der Waals surface area contributed by atoms with Gasteiger partial charge < -0.3 is 22.5 Å². The van der Waals surface area contributed by atoms with Crippen molar-refractivity contribution < 1.29 is 9.59 Å². The summed E-state index contributed by atoms with van der Waals surface area (Å²) >= 11 is 0. The largest absolute Gasteiger partial charge is 0.404 e. The molecule has 0 bridgehead atoms. The van der Waals surface area contributed by atoms with Gasteiger partial charge in [-0.3, -0.25) is 19.5 Å². The van der Waals surface area contributed by atoms with Gasteiger partial charge in [-0.2, -0.15) is 0 Å². The fourth-order valence-electron chi connectivity index (χ4n) is 3.78. The third-order valence-electron chi connectivity index (χ3n) is 5.65. The molecule has 0 saturated carbocycles. The maximum Gasteiger partial charge on any atom is 0.248 e. The van der Waals surface area contributed by atoms with E-state index in [0.717, 1.165) is 54.7 Å². The Morgan fingerprint density at radius 2 is 1.88 bits per heavy atom. The SMILES string of the molecule is N/C=C(\CN)c1ccncc1/C=C/C(=O)Nc1ccc(CN2CCC(C(N)=O)CC2)cc1. The van der Waals surface area contributed by atoms with E-state index in [1.54, 1.807) is 18.5 Å². The number of anilines is 1. The van der Waals surface area contributed by atoms with Crippen molar-refractivity contribution in [2.75, 3.05) is 25.0 Å². The number of hydrogen-bond acceptors (Lipinski definition) is 6. The molecule has 32 heavy (non-hydrogen) atoms. The van der Waals surface area contributed by atoms with Crippen LogP contribution in [0.5, 0.6) is 0 Å². The highest BCUT2D eigenvalue weighted by atomic mass is 16.1. The predicted octanol–water partition coefficient (Wildman–Crippen LogP) is 1.69. The summed E-state index contributed by atoms with van der Waals surface area (Å²) < 4.78 is 0. The molecule has 1 saturated heterocycles. The monoisotopic (exact) mass is 434 g/mol. The molecule has 0 atom stereocenters. The Bertz CT molecular complexity index is 992. The number of amides is 2. The summed E-state index contributed by atoms with van der Waals surface area (Å²) in [6, 6.07) is 9.58. The van der Waals surface area contributed by atoms with Crippen LogP contribution >= 0.6 is 0 Å². The minimum Gasteiger partial charge on any atom is -0.404 e. The van der Waals surface area contributed by atoms with Crippen LogP contribution in [0, 0.1) is 5.92 Å². The highest BCUT2D eigenvalue weighted by Gasteiger charge is 2.22. The molecule has 3 rings (SSSR count). The van der Waals surface area contributed by atoms with Crippen LogP contribution in [0.3, 0.4) is 0 Å². The first-order chi connectivity index (χ1) is 15.5. The molecule has 1 aliphatic heterocycles. The molecule has 2 heterocycles. The lowest BCUT2D eigenvalue weighted by atomic mass is 9.96. The number of rotatable bonds is 8. The topological polar surface area (TPSA) is 140 Å². The Morgan fingerprint density at radius 3 is 2.50 bits per heavy atom. The molecule has 0 aliphatic carbocycles. The molecule has 8 nitrogen and oxygen atoms in total. The number of hydrogen-bond donors (Lipinski definition) is 4. The fraction of sp³-hybridized carbons (Fsp3) is 0.292. The van der Waals surface area contributed by atoms with Crippen molar-refractivity contribution in [3.63, 3.8) is 0 Å². The molecule has 2 amide bonds. The van der Waals surface area contributed by atoms with Gasteiger partial charge in [0, 0.05) is 48.7 Å². The maximum atomic E-state index is 12.4. The van der Waals surface area contributed by atoms with E-state index >= 15 is 0 Å². The minimum atomic E-state index is -0.243. The Morgan fingerprint density at radius 1 is 1.16 bits per heavy atom. The Balaban J connectivity index is 1.55. The summed E-state index contributed by atoms with van der Waals surface area (Å²) in [5, 5.41) is 2.86. The van der Waals surface area contributed by atoms with Crippen LogP contribution in [0.2, 0.25) is 0 Å². The van der Waals surface area contributed by atoms with Gasteiger partial charge in [-0.1, -0.05) is 12.1 Å². The number of carbonyl (C=O) groups excluding carboxylic acids is 2. The molecule has 8 heteroatoms.